The van der Waals surface area contributed by atoms with E-state index in [1.165, 1.54) is 0 Å². The highest BCUT2D eigenvalue weighted by Crippen LogP contribution is 2.32. The summed E-state index contributed by atoms with van der Waals surface area (Å²) in [5, 5.41) is 3.52. The van der Waals surface area contributed by atoms with Crippen molar-refractivity contribution in [1.29, 1.82) is 0 Å². The monoisotopic (exact) mass is 283 g/mol. The minimum Gasteiger partial charge on any atom is -0.450 e. The first kappa shape index (κ1) is 13.0. The number of hydrogen-bond donors (Lipinski definition) is 2. The number of fused-ring (bicyclic) bond motifs is 1. The lowest BCUT2D eigenvalue weighted by Crippen LogP contribution is -2.14. The summed E-state index contributed by atoms with van der Waals surface area (Å²) >= 11 is 6.64. The molecular weight excluding hydrogens is 270 g/mol. The fourth-order valence-electron chi connectivity index (χ4n) is 1.64. The Hall–Kier alpha value is -1.47. The lowest BCUT2D eigenvalue weighted by atomic mass is 10.2. The van der Waals surface area contributed by atoms with Crippen molar-refractivity contribution in [2.75, 3.05) is 11.9 Å². The second kappa shape index (κ2) is 5.03. The Labute approximate surface area is 113 Å². The van der Waals surface area contributed by atoms with E-state index in [2.05, 4.69) is 15.3 Å². The van der Waals surface area contributed by atoms with Gasteiger partial charge in [-0.1, -0.05) is 0 Å². The standard InChI is InChI=1S/C11H13N3O2S2/c1-4-16-11(15)13-8-7-5(2)6(3)18-9(7)14-10(17)12-8/h4H2,1-3H3,(H2,12,13,14,15,17). The Morgan fingerprint density at radius 2 is 2.28 bits per heavy atom. The topological polar surface area (TPSA) is 67.0 Å². The largest absolute Gasteiger partial charge is 0.450 e. The molecule has 2 aromatic rings. The van der Waals surface area contributed by atoms with Gasteiger partial charge in [-0.25, -0.2) is 9.78 Å². The van der Waals surface area contributed by atoms with Gasteiger partial charge in [0.25, 0.3) is 0 Å². The molecular formula is C11H13N3O2S2. The molecule has 0 radical (unpaired) electrons. The molecule has 0 aliphatic heterocycles. The van der Waals surface area contributed by atoms with E-state index >= 15 is 0 Å². The predicted octanol–water partition coefficient (Wildman–Crippen LogP) is 3.54. The third-order valence-electron chi connectivity index (χ3n) is 2.55. The summed E-state index contributed by atoms with van der Waals surface area (Å²) in [5.41, 5.74) is 1.08. The van der Waals surface area contributed by atoms with Gasteiger partial charge >= 0.3 is 6.09 Å². The van der Waals surface area contributed by atoms with Crippen LogP contribution in [0.3, 0.4) is 0 Å². The summed E-state index contributed by atoms with van der Waals surface area (Å²) in [4.78, 5) is 20.7. The third-order valence-corrected chi connectivity index (χ3v) is 3.87. The molecule has 0 fully saturated rings. The van der Waals surface area contributed by atoms with Gasteiger partial charge in [0, 0.05) is 4.88 Å². The Bertz CT molecular complexity index is 660. The zero-order valence-corrected chi connectivity index (χ0v) is 11.9. The van der Waals surface area contributed by atoms with Crippen LogP contribution in [-0.4, -0.2) is 22.7 Å². The number of rotatable bonds is 2. The molecule has 0 aliphatic carbocycles. The predicted molar refractivity (Wildman–Crippen MR) is 74.9 cm³/mol. The molecule has 0 atom stereocenters. The van der Waals surface area contributed by atoms with Gasteiger partial charge in [0.2, 0.25) is 0 Å². The second-order valence-electron chi connectivity index (χ2n) is 3.72. The van der Waals surface area contributed by atoms with E-state index in [0.717, 1.165) is 20.7 Å². The van der Waals surface area contributed by atoms with Crippen LogP contribution in [0.2, 0.25) is 0 Å². The van der Waals surface area contributed by atoms with Gasteiger partial charge in [0.05, 0.1) is 12.0 Å². The molecule has 18 heavy (non-hydrogen) atoms. The number of aromatic amines is 1. The minimum absolute atomic E-state index is 0.316. The number of hydrogen-bond acceptors (Lipinski definition) is 5. The normalized spacial score (nSPS) is 10.6. The first-order valence-corrected chi connectivity index (χ1v) is 6.69. The maximum Gasteiger partial charge on any atom is 0.412 e. The summed E-state index contributed by atoms with van der Waals surface area (Å²) < 4.78 is 5.19. The summed E-state index contributed by atoms with van der Waals surface area (Å²) in [7, 11) is 0. The fraction of sp³-hybridized carbons (Fsp3) is 0.364. The van der Waals surface area contributed by atoms with Gasteiger partial charge in [-0.3, -0.25) is 5.32 Å². The molecule has 5 nitrogen and oxygen atoms in total. The Morgan fingerprint density at radius 3 is 2.94 bits per heavy atom. The molecule has 96 valence electrons. The van der Waals surface area contributed by atoms with Crippen molar-refractivity contribution in [1.82, 2.24) is 9.97 Å². The van der Waals surface area contributed by atoms with E-state index in [4.69, 9.17) is 17.0 Å². The lowest BCUT2D eigenvalue weighted by molar-refractivity contribution is 0.168. The quantitative estimate of drug-likeness (QED) is 0.827. The first-order chi connectivity index (χ1) is 8.52. The highest BCUT2D eigenvalue weighted by molar-refractivity contribution is 7.71. The van der Waals surface area contributed by atoms with Crippen LogP contribution in [0.1, 0.15) is 17.4 Å². The minimum atomic E-state index is -0.518. The number of aromatic nitrogens is 2. The zero-order chi connectivity index (χ0) is 13.3. The molecule has 1 amide bonds. The van der Waals surface area contributed by atoms with Gasteiger partial charge in [-0.15, -0.1) is 11.3 Å². The van der Waals surface area contributed by atoms with Crippen LogP contribution in [0.25, 0.3) is 10.2 Å². The number of nitrogens with zero attached hydrogens (tertiary/aromatic N) is 1. The van der Waals surface area contributed by atoms with Gasteiger partial charge in [0.15, 0.2) is 4.77 Å². The average molecular weight is 283 g/mol. The van der Waals surface area contributed by atoms with Crippen LogP contribution < -0.4 is 5.32 Å². The molecule has 7 heteroatoms. The van der Waals surface area contributed by atoms with Crippen LogP contribution in [0.15, 0.2) is 0 Å². The third kappa shape index (κ3) is 2.37. The Morgan fingerprint density at radius 1 is 1.56 bits per heavy atom. The first-order valence-electron chi connectivity index (χ1n) is 5.46. The van der Waals surface area contributed by atoms with Crippen molar-refractivity contribution in [2.24, 2.45) is 0 Å². The van der Waals surface area contributed by atoms with Crippen LogP contribution in [0, 0.1) is 18.6 Å². The van der Waals surface area contributed by atoms with Crippen LogP contribution >= 0.6 is 23.6 Å². The van der Waals surface area contributed by atoms with Crippen LogP contribution in [0.4, 0.5) is 10.6 Å². The highest BCUT2D eigenvalue weighted by Gasteiger charge is 2.14. The van der Waals surface area contributed by atoms with E-state index in [1.807, 2.05) is 13.8 Å². The van der Waals surface area contributed by atoms with Gasteiger partial charge in [-0.2, -0.15) is 0 Å². The fourth-order valence-corrected chi connectivity index (χ4v) is 2.96. The summed E-state index contributed by atoms with van der Waals surface area (Å²) in [6.07, 6.45) is -0.518. The molecule has 0 aliphatic rings. The van der Waals surface area contributed by atoms with Crippen molar-refractivity contribution in [3.05, 3.63) is 15.2 Å². The SMILES string of the molecule is CCOC(=O)Nc1nc(=S)[nH]c2sc(C)c(C)c12. The number of H-pyrrole nitrogens is 1. The number of amides is 1. The van der Waals surface area contributed by atoms with Crippen molar-refractivity contribution in [3.63, 3.8) is 0 Å². The number of thiophene rings is 1. The molecule has 0 saturated carbocycles. The van der Waals surface area contributed by atoms with Crippen molar-refractivity contribution in [2.45, 2.75) is 20.8 Å². The molecule has 0 saturated heterocycles. The van der Waals surface area contributed by atoms with E-state index in [0.29, 0.717) is 17.2 Å². The van der Waals surface area contributed by atoms with Crippen molar-refractivity contribution < 1.29 is 9.53 Å². The van der Waals surface area contributed by atoms with Crippen molar-refractivity contribution in [3.8, 4) is 0 Å². The molecule has 2 heterocycles. The number of carbonyl (C=O) groups excluding carboxylic acids is 1. The van der Waals surface area contributed by atoms with Crippen LogP contribution in [0.5, 0.6) is 0 Å². The van der Waals surface area contributed by atoms with E-state index in [-0.39, 0.29) is 0 Å². The lowest BCUT2D eigenvalue weighted by Gasteiger charge is -2.06. The maximum atomic E-state index is 11.5. The number of aryl methyl sites for hydroxylation is 2. The summed E-state index contributed by atoms with van der Waals surface area (Å²) in [6.45, 7) is 6.07. The molecule has 0 unspecified atom stereocenters. The summed E-state index contributed by atoms with van der Waals surface area (Å²) in [5.74, 6) is 0.453. The molecule has 2 rings (SSSR count). The number of ether oxygens (including phenoxy) is 1. The van der Waals surface area contributed by atoms with Gasteiger partial charge < -0.3 is 9.72 Å². The Kier molecular flexibility index (Phi) is 3.63. The van der Waals surface area contributed by atoms with E-state index < -0.39 is 6.09 Å². The smallest absolute Gasteiger partial charge is 0.412 e. The Balaban J connectivity index is 2.55. The molecule has 0 bridgehead atoms. The number of nitrogens with one attached hydrogen (secondary N) is 2. The maximum absolute atomic E-state index is 11.5. The molecule has 0 aromatic carbocycles. The zero-order valence-electron chi connectivity index (χ0n) is 10.3. The van der Waals surface area contributed by atoms with E-state index in [9.17, 15) is 4.79 Å². The second-order valence-corrected chi connectivity index (χ2v) is 5.33. The number of anilines is 1. The molecule has 2 aromatic heterocycles. The summed E-state index contributed by atoms with van der Waals surface area (Å²) in [6, 6.07) is 0. The molecule has 0 spiro atoms. The number of carbonyl (C=O) groups is 1. The van der Waals surface area contributed by atoms with Crippen LogP contribution in [-0.2, 0) is 4.74 Å². The van der Waals surface area contributed by atoms with Crippen molar-refractivity contribution >= 4 is 45.7 Å². The average Bonchev–Trinajstić information content (AvgIpc) is 2.54. The van der Waals surface area contributed by atoms with Gasteiger partial charge in [0.1, 0.15) is 10.6 Å². The highest BCUT2D eigenvalue weighted by atomic mass is 32.1. The molecule has 2 N–H and O–H groups in total. The van der Waals surface area contributed by atoms with Gasteiger partial charge in [-0.05, 0) is 38.6 Å². The van der Waals surface area contributed by atoms with E-state index in [1.54, 1.807) is 18.3 Å².